The molecule has 1 aliphatic rings. The van der Waals surface area contributed by atoms with Crippen LogP contribution in [0.3, 0.4) is 0 Å². The monoisotopic (exact) mass is 499 g/mol. The fourth-order valence-corrected chi connectivity index (χ4v) is 4.04. The van der Waals surface area contributed by atoms with Crippen molar-refractivity contribution in [2.75, 3.05) is 5.32 Å². The Balaban J connectivity index is 1.53. The minimum absolute atomic E-state index is 0.0806. The highest BCUT2D eigenvalue weighted by atomic mass is 35.5. The van der Waals surface area contributed by atoms with Crippen molar-refractivity contribution in [2.45, 2.75) is 44.9 Å². The van der Waals surface area contributed by atoms with Gasteiger partial charge >= 0.3 is 11.7 Å². The van der Waals surface area contributed by atoms with E-state index in [1.807, 2.05) is 0 Å². The number of aromatic nitrogens is 3. The minimum Gasteiger partial charge on any atom is -0.446 e. The second-order valence-electron chi connectivity index (χ2n) is 8.01. The molecule has 3 aromatic rings. The summed E-state index contributed by atoms with van der Waals surface area (Å²) in [4.78, 5) is 49.0. The maximum atomic E-state index is 13.1. The van der Waals surface area contributed by atoms with Gasteiger partial charge in [0.15, 0.2) is 0 Å². The molecule has 0 bridgehead atoms. The van der Waals surface area contributed by atoms with Gasteiger partial charge in [0.25, 0.3) is 11.6 Å². The van der Waals surface area contributed by atoms with Crippen molar-refractivity contribution >= 4 is 34.9 Å². The number of nitro benzene ring substituents is 1. The van der Waals surface area contributed by atoms with E-state index in [2.05, 4.69) is 10.4 Å². The fraction of sp³-hybridized carbons (Fsp3) is 0.304. The van der Waals surface area contributed by atoms with Gasteiger partial charge in [-0.3, -0.25) is 24.3 Å². The van der Waals surface area contributed by atoms with Crippen molar-refractivity contribution in [3.63, 3.8) is 0 Å². The topological polar surface area (TPSA) is 138 Å². The smallest absolute Gasteiger partial charge is 0.346 e. The van der Waals surface area contributed by atoms with Gasteiger partial charge in [-0.15, -0.1) is 0 Å². The van der Waals surface area contributed by atoms with Crippen LogP contribution in [-0.2, 0) is 33.8 Å². The van der Waals surface area contributed by atoms with E-state index < -0.39 is 35.1 Å². The second-order valence-corrected chi connectivity index (χ2v) is 8.42. The maximum Gasteiger partial charge on any atom is 0.346 e. The van der Waals surface area contributed by atoms with Crippen LogP contribution in [0.5, 0.6) is 0 Å². The molecule has 1 amide bonds. The average Bonchev–Trinajstić information content (AvgIpc) is 2.99. The van der Waals surface area contributed by atoms with Crippen molar-refractivity contribution in [1.29, 1.82) is 0 Å². The van der Waals surface area contributed by atoms with Gasteiger partial charge in [-0.05, 0) is 25.0 Å². The van der Waals surface area contributed by atoms with Gasteiger partial charge in [0.05, 0.1) is 4.92 Å². The third-order valence-corrected chi connectivity index (χ3v) is 5.88. The molecule has 35 heavy (non-hydrogen) atoms. The van der Waals surface area contributed by atoms with Gasteiger partial charge in [-0.25, -0.2) is 9.48 Å². The molecule has 182 valence electrons. The predicted molar refractivity (Wildman–Crippen MR) is 126 cm³/mol. The SMILES string of the molecule is O=C(Cn1nc2n(c1=O)CCCCC2)O[C@H](C(=O)Nc1ccc(Cl)c([N+](=O)[O-])c1)c1ccccc1. The molecule has 2 aromatic carbocycles. The summed E-state index contributed by atoms with van der Waals surface area (Å²) in [5, 5.41) is 17.9. The van der Waals surface area contributed by atoms with Gasteiger partial charge < -0.3 is 10.1 Å². The maximum absolute atomic E-state index is 13.1. The number of fused-ring (bicyclic) bond motifs is 1. The zero-order valence-corrected chi connectivity index (χ0v) is 19.3. The quantitative estimate of drug-likeness (QED) is 0.299. The Bertz CT molecular complexity index is 1320. The van der Waals surface area contributed by atoms with Gasteiger partial charge in [0.1, 0.15) is 17.4 Å². The van der Waals surface area contributed by atoms with Crippen LogP contribution in [0.4, 0.5) is 11.4 Å². The number of carbonyl (C=O) groups excluding carboxylic acids is 2. The van der Waals surface area contributed by atoms with Gasteiger partial charge in [-0.1, -0.05) is 48.4 Å². The number of amides is 1. The molecule has 0 saturated carbocycles. The lowest BCUT2D eigenvalue weighted by atomic mass is 10.1. The molecule has 1 N–H and O–H groups in total. The summed E-state index contributed by atoms with van der Waals surface area (Å²) in [6.07, 6.45) is 2.08. The van der Waals surface area contributed by atoms with Crippen molar-refractivity contribution in [1.82, 2.24) is 14.3 Å². The van der Waals surface area contributed by atoms with Gasteiger partial charge in [0.2, 0.25) is 6.10 Å². The van der Waals surface area contributed by atoms with Crippen LogP contribution in [0.2, 0.25) is 5.02 Å². The van der Waals surface area contributed by atoms with Crippen molar-refractivity contribution in [2.24, 2.45) is 0 Å². The van der Waals surface area contributed by atoms with Crippen LogP contribution in [0.25, 0.3) is 0 Å². The van der Waals surface area contributed by atoms with Crippen LogP contribution in [0.1, 0.15) is 36.8 Å². The zero-order chi connectivity index (χ0) is 24.9. The fourth-order valence-electron chi connectivity index (χ4n) is 3.86. The Morgan fingerprint density at radius 1 is 1.17 bits per heavy atom. The number of carbonyl (C=O) groups is 2. The first kappa shape index (κ1) is 24.1. The lowest BCUT2D eigenvalue weighted by Gasteiger charge is -2.18. The van der Waals surface area contributed by atoms with Gasteiger partial charge in [-0.2, -0.15) is 5.10 Å². The summed E-state index contributed by atoms with van der Waals surface area (Å²) >= 11 is 5.83. The zero-order valence-electron chi connectivity index (χ0n) is 18.6. The highest BCUT2D eigenvalue weighted by Crippen LogP contribution is 2.28. The Labute approximate surface area is 204 Å². The lowest BCUT2D eigenvalue weighted by molar-refractivity contribution is -0.384. The Morgan fingerprint density at radius 3 is 2.69 bits per heavy atom. The van der Waals surface area contributed by atoms with Gasteiger partial charge in [0, 0.05) is 30.3 Å². The number of esters is 1. The van der Waals surface area contributed by atoms with Crippen molar-refractivity contribution < 1.29 is 19.2 Å². The molecule has 0 radical (unpaired) electrons. The molecule has 0 saturated heterocycles. The number of nitro groups is 1. The molecule has 4 rings (SSSR count). The molecule has 1 atom stereocenters. The summed E-state index contributed by atoms with van der Waals surface area (Å²) in [5.41, 5.74) is -0.281. The molecule has 11 nitrogen and oxygen atoms in total. The molecular formula is C23H22ClN5O6. The van der Waals surface area contributed by atoms with E-state index in [-0.39, 0.29) is 16.4 Å². The second kappa shape index (κ2) is 10.5. The number of hydrogen-bond acceptors (Lipinski definition) is 7. The van der Waals surface area contributed by atoms with Crippen LogP contribution in [0.15, 0.2) is 53.3 Å². The van der Waals surface area contributed by atoms with E-state index in [0.29, 0.717) is 24.4 Å². The number of aryl methyl sites for hydroxylation is 1. The number of nitrogens with one attached hydrogen (secondary N) is 1. The molecule has 1 aromatic heterocycles. The average molecular weight is 500 g/mol. The van der Waals surface area contributed by atoms with Crippen LogP contribution >= 0.6 is 11.6 Å². The first-order valence-electron chi connectivity index (χ1n) is 11.0. The molecule has 2 heterocycles. The number of rotatable bonds is 7. The number of ether oxygens (including phenoxy) is 1. The largest absolute Gasteiger partial charge is 0.446 e. The van der Waals surface area contributed by atoms with Crippen LogP contribution < -0.4 is 11.0 Å². The number of benzene rings is 2. The van der Waals surface area contributed by atoms with E-state index in [1.165, 1.54) is 12.1 Å². The van der Waals surface area contributed by atoms with E-state index >= 15 is 0 Å². The van der Waals surface area contributed by atoms with Crippen molar-refractivity contribution in [3.8, 4) is 0 Å². The molecule has 0 aliphatic carbocycles. The van der Waals surface area contributed by atoms with E-state index in [9.17, 15) is 24.5 Å². The number of hydrogen-bond donors (Lipinski definition) is 1. The molecule has 1 aliphatic heterocycles. The van der Waals surface area contributed by atoms with Crippen LogP contribution in [0, 0.1) is 10.1 Å². The molecule has 0 fully saturated rings. The summed E-state index contributed by atoms with van der Waals surface area (Å²) in [5.74, 6) is -0.928. The normalized spacial score (nSPS) is 13.9. The molecule has 12 heteroatoms. The predicted octanol–water partition coefficient (Wildman–Crippen LogP) is 3.26. The minimum atomic E-state index is -1.37. The van der Waals surface area contributed by atoms with E-state index in [4.69, 9.17) is 16.3 Å². The molecule has 0 spiro atoms. The standard InChI is InChI=1S/C23H22ClN5O6/c24-17-11-10-16(13-18(17)29(33)34)25-22(31)21(15-7-3-1-4-8-15)35-20(30)14-28-23(32)27-12-6-2-5-9-19(27)26-28/h1,3-4,7-8,10-11,13,21H,2,5-6,9,12,14H2,(H,25,31)/t21-/m0/s1. The third kappa shape index (κ3) is 5.57. The Hall–Kier alpha value is -3.99. The van der Waals surface area contributed by atoms with E-state index in [1.54, 1.807) is 34.9 Å². The van der Waals surface area contributed by atoms with Crippen molar-refractivity contribution in [3.05, 3.63) is 85.5 Å². The summed E-state index contributed by atoms with van der Waals surface area (Å²) in [6.45, 7) is 0.0906. The highest BCUT2D eigenvalue weighted by Gasteiger charge is 2.27. The third-order valence-electron chi connectivity index (χ3n) is 5.56. The summed E-state index contributed by atoms with van der Waals surface area (Å²) in [7, 11) is 0. The Kier molecular flexibility index (Phi) is 7.25. The first-order valence-corrected chi connectivity index (χ1v) is 11.4. The number of anilines is 1. The summed E-state index contributed by atoms with van der Waals surface area (Å²) in [6, 6.07) is 12.1. The molecule has 0 unspecified atom stereocenters. The number of halogens is 1. The molecular weight excluding hydrogens is 478 g/mol. The first-order chi connectivity index (χ1) is 16.8. The number of nitrogens with zero attached hydrogens (tertiary/aromatic N) is 4. The summed E-state index contributed by atoms with van der Waals surface area (Å²) < 4.78 is 8.08. The highest BCUT2D eigenvalue weighted by molar-refractivity contribution is 6.32. The Morgan fingerprint density at radius 2 is 1.94 bits per heavy atom. The van der Waals surface area contributed by atoms with Crippen LogP contribution in [-0.4, -0.2) is 31.1 Å². The van der Waals surface area contributed by atoms with E-state index in [0.717, 1.165) is 30.0 Å². The lowest BCUT2D eigenvalue weighted by Crippen LogP contribution is -2.31.